The van der Waals surface area contributed by atoms with Crippen LogP contribution in [0.25, 0.3) is 0 Å². The van der Waals surface area contributed by atoms with Gasteiger partial charge in [0.2, 0.25) is 0 Å². The van der Waals surface area contributed by atoms with Crippen molar-refractivity contribution in [2.24, 2.45) is 0 Å². The highest BCUT2D eigenvalue weighted by Crippen LogP contribution is 2.25. The Morgan fingerprint density at radius 1 is 1.44 bits per heavy atom. The Morgan fingerprint density at radius 3 is 2.81 bits per heavy atom. The van der Waals surface area contributed by atoms with E-state index in [0.717, 1.165) is 13.0 Å². The predicted molar refractivity (Wildman–Crippen MR) is 69.5 cm³/mol. The van der Waals surface area contributed by atoms with E-state index in [1.807, 2.05) is 6.07 Å². The molecule has 1 aliphatic rings. The fourth-order valence-corrected chi connectivity index (χ4v) is 2.82. The van der Waals surface area contributed by atoms with Crippen LogP contribution in [0.3, 0.4) is 0 Å². The molecule has 0 amide bonds. The van der Waals surface area contributed by atoms with E-state index in [0.29, 0.717) is 18.2 Å². The van der Waals surface area contributed by atoms with Gasteiger partial charge in [-0.25, -0.2) is 0 Å². The van der Waals surface area contributed by atoms with Gasteiger partial charge >= 0.3 is 0 Å². The van der Waals surface area contributed by atoms with E-state index >= 15 is 0 Å². The Hall–Kier alpha value is -0.380. The normalized spacial score (nSPS) is 26.9. The van der Waals surface area contributed by atoms with Crippen molar-refractivity contribution in [3.05, 3.63) is 34.3 Å². The maximum Gasteiger partial charge on any atom is 0.0700 e. The number of nitrogens with one attached hydrogen (secondary N) is 1. The number of rotatable bonds is 3. The molecule has 0 spiro atoms. The molecule has 3 heteroatoms. The number of ether oxygens (including phenoxy) is 1. The molecule has 1 N–H and O–H groups in total. The minimum Gasteiger partial charge on any atom is -0.377 e. The van der Waals surface area contributed by atoms with Crippen LogP contribution in [0.5, 0.6) is 0 Å². The topological polar surface area (TPSA) is 21.3 Å². The van der Waals surface area contributed by atoms with Crippen LogP contribution in [0.15, 0.2) is 28.7 Å². The summed E-state index contributed by atoms with van der Waals surface area (Å²) >= 11 is 3.59. The van der Waals surface area contributed by atoms with E-state index in [1.165, 1.54) is 10.0 Å². The third-order valence-electron chi connectivity index (χ3n) is 3.21. The standard InChI is InChI=1S/C13H18BrNO/c1-9(11-5-3-4-6-12(11)14)15-13-7-8-16-10(13)2/h3-6,9-10,13,15H,7-8H2,1-2H3. The zero-order valence-corrected chi connectivity index (χ0v) is 11.3. The number of hydrogen-bond donors (Lipinski definition) is 1. The molecule has 16 heavy (non-hydrogen) atoms. The Bertz CT molecular complexity index is 356. The number of hydrogen-bond acceptors (Lipinski definition) is 2. The van der Waals surface area contributed by atoms with Gasteiger partial charge in [0.05, 0.1) is 6.10 Å². The van der Waals surface area contributed by atoms with Crippen molar-refractivity contribution in [3.8, 4) is 0 Å². The van der Waals surface area contributed by atoms with Crippen LogP contribution >= 0.6 is 15.9 Å². The van der Waals surface area contributed by atoms with Crippen LogP contribution < -0.4 is 5.32 Å². The first-order valence-corrected chi connectivity index (χ1v) is 6.60. The summed E-state index contributed by atoms with van der Waals surface area (Å²) in [6.45, 7) is 5.21. The monoisotopic (exact) mass is 283 g/mol. The van der Waals surface area contributed by atoms with Gasteiger partial charge in [0.15, 0.2) is 0 Å². The van der Waals surface area contributed by atoms with Crippen LogP contribution in [0.4, 0.5) is 0 Å². The molecule has 0 aromatic heterocycles. The lowest BCUT2D eigenvalue weighted by Crippen LogP contribution is -2.36. The number of benzene rings is 1. The molecule has 0 saturated carbocycles. The van der Waals surface area contributed by atoms with E-state index in [1.54, 1.807) is 0 Å². The average Bonchev–Trinajstić information content (AvgIpc) is 2.65. The first kappa shape index (κ1) is 12.1. The highest BCUT2D eigenvalue weighted by molar-refractivity contribution is 9.10. The lowest BCUT2D eigenvalue weighted by atomic mass is 10.1. The van der Waals surface area contributed by atoms with Crippen LogP contribution in [-0.4, -0.2) is 18.8 Å². The molecule has 0 aliphatic carbocycles. The van der Waals surface area contributed by atoms with E-state index in [9.17, 15) is 0 Å². The van der Waals surface area contributed by atoms with Crippen LogP contribution in [0, 0.1) is 0 Å². The third kappa shape index (κ3) is 2.65. The van der Waals surface area contributed by atoms with E-state index in [2.05, 4.69) is 53.3 Å². The molecule has 1 aliphatic heterocycles. The van der Waals surface area contributed by atoms with E-state index < -0.39 is 0 Å². The molecule has 0 bridgehead atoms. The SMILES string of the molecule is CC(NC1CCOC1C)c1ccccc1Br. The molecule has 2 nitrogen and oxygen atoms in total. The molecule has 1 fully saturated rings. The summed E-state index contributed by atoms with van der Waals surface area (Å²) in [7, 11) is 0. The van der Waals surface area contributed by atoms with Crippen molar-refractivity contribution in [2.45, 2.75) is 38.5 Å². The Labute approximate surface area is 106 Å². The lowest BCUT2D eigenvalue weighted by molar-refractivity contribution is 0.111. The van der Waals surface area contributed by atoms with Crippen molar-refractivity contribution < 1.29 is 4.74 Å². The Morgan fingerprint density at radius 2 is 2.19 bits per heavy atom. The smallest absolute Gasteiger partial charge is 0.0700 e. The molecule has 1 heterocycles. The highest BCUT2D eigenvalue weighted by Gasteiger charge is 2.25. The summed E-state index contributed by atoms with van der Waals surface area (Å²) in [6, 6.07) is 9.19. The quantitative estimate of drug-likeness (QED) is 0.919. The van der Waals surface area contributed by atoms with Crippen LogP contribution in [-0.2, 0) is 4.74 Å². The largest absolute Gasteiger partial charge is 0.377 e. The van der Waals surface area contributed by atoms with Gasteiger partial charge in [-0.15, -0.1) is 0 Å². The Kier molecular flexibility index (Phi) is 4.00. The van der Waals surface area contributed by atoms with E-state index in [4.69, 9.17) is 4.74 Å². The summed E-state index contributed by atoms with van der Waals surface area (Å²) in [5.74, 6) is 0. The summed E-state index contributed by atoms with van der Waals surface area (Å²) in [5, 5.41) is 3.63. The maximum absolute atomic E-state index is 5.56. The van der Waals surface area contributed by atoms with Crippen molar-refractivity contribution in [1.29, 1.82) is 0 Å². The fraction of sp³-hybridized carbons (Fsp3) is 0.538. The highest BCUT2D eigenvalue weighted by atomic mass is 79.9. The lowest BCUT2D eigenvalue weighted by Gasteiger charge is -2.22. The maximum atomic E-state index is 5.56. The van der Waals surface area contributed by atoms with Crippen molar-refractivity contribution in [1.82, 2.24) is 5.32 Å². The minimum absolute atomic E-state index is 0.324. The summed E-state index contributed by atoms with van der Waals surface area (Å²) in [6.07, 6.45) is 1.43. The molecule has 1 aromatic carbocycles. The van der Waals surface area contributed by atoms with E-state index in [-0.39, 0.29) is 0 Å². The average molecular weight is 284 g/mol. The summed E-state index contributed by atoms with van der Waals surface area (Å²) in [4.78, 5) is 0. The first-order valence-electron chi connectivity index (χ1n) is 5.80. The zero-order chi connectivity index (χ0) is 11.5. The second kappa shape index (κ2) is 5.30. The molecular formula is C13H18BrNO. The molecule has 0 radical (unpaired) electrons. The number of halogens is 1. The first-order chi connectivity index (χ1) is 7.68. The van der Waals surface area contributed by atoms with Gasteiger partial charge in [-0.05, 0) is 31.9 Å². The second-order valence-corrected chi connectivity index (χ2v) is 5.24. The summed E-state index contributed by atoms with van der Waals surface area (Å²) < 4.78 is 6.73. The van der Waals surface area contributed by atoms with Gasteiger partial charge < -0.3 is 10.1 Å². The van der Waals surface area contributed by atoms with Crippen molar-refractivity contribution in [2.75, 3.05) is 6.61 Å². The third-order valence-corrected chi connectivity index (χ3v) is 3.93. The minimum atomic E-state index is 0.324. The predicted octanol–water partition coefficient (Wildman–Crippen LogP) is 3.28. The van der Waals surface area contributed by atoms with Gasteiger partial charge in [-0.1, -0.05) is 34.1 Å². The molecule has 3 atom stereocenters. The van der Waals surface area contributed by atoms with Crippen LogP contribution in [0.2, 0.25) is 0 Å². The van der Waals surface area contributed by atoms with Gasteiger partial charge in [0.1, 0.15) is 0 Å². The second-order valence-electron chi connectivity index (χ2n) is 4.38. The molecule has 1 aromatic rings. The van der Waals surface area contributed by atoms with Gasteiger partial charge in [0, 0.05) is 23.2 Å². The summed E-state index contributed by atoms with van der Waals surface area (Å²) in [5.41, 5.74) is 1.31. The molecule has 88 valence electrons. The zero-order valence-electron chi connectivity index (χ0n) is 9.74. The Balaban J connectivity index is 2.03. The fourth-order valence-electron chi connectivity index (χ4n) is 2.19. The van der Waals surface area contributed by atoms with Crippen molar-refractivity contribution in [3.63, 3.8) is 0 Å². The molecule has 3 unspecified atom stereocenters. The van der Waals surface area contributed by atoms with Gasteiger partial charge in [-0.2, -0.15) is 0 Å². The van der Waals surface area contributed by atoms with Crippen molar-refractivity contribution >= 4 is 15.9 Å². The molecular weight excluding hydrogens is 266 g/mol. The van der Waals surface area contributed by atoms with Crippen LogP contribution in [0.1, 0.15) is 31.9 Å². The van der Waals surface area contributed by atoms with Gasteiger partial charge in [0.25, 0.3) is 0 Å². The van der Waals surface area contributed by atoms with Gasteiger partial charge in [-0.3, -0.25) is 0 Å². The molecule has 2 rings (SSSR count). The molecule has 1 saturated heterocycles.